The Bertz CT molecular complexity index is 588. The van der Waals surface area contributed by atoms with Gasteiger partial charge in [0.25, 0.3) is 11.5 Å². The number of carbonyl (C=O) groups excluding carboxylic acids is 2. The van der Waals surface area contributed by atoms with E-state index in [1.165, 1.54) is 12.3 Å². The van der Waals surface area contributed by atoms with Crippen molar-refractivity contribution < 1.29 is 9.59 Å². The van der Waals surface area contributed by atoms with Crippen molar-refractivity contribution in [2.75, 3.05) is 18.0 Å². The Balaban J connectivity index is 1.75. The van der Waals surface area contributed by atoms with Gasteiger partial charge in [-0.25, -0.2) is 9.78 Å². The number of amides is 3. The summed E-state index contributed by atoms with van der Waals surface area (Å²) in [5.41, 5.74) is -1.01. The monoisotopic (exact) mass is 263 g/mol. The van der Waals surface area contributed by atoms with Crippen LogP contribution in [0.1, 0.15) is 12.8 Å². The van der Waals surface area contributed by atoms with E-state index in [1.54, 1.807) is 0 Å². The lowest BCUT2D eigenvalue weighted by molar-refractivity contribution is -0.124. The molecule has 3 amide bonds. The van der Waals surface area contributed by atoms with Crippen LogP contribution in [0.4, 0.5) is 10.7 Å². The molecule has 8 heteroatoms. The van der Waals surface area contributed by atoms with Crippen LogP contribution in [0.3, 0.4) is 0 Å². The van der Waals surface area contributed by atoms with Gasteiger partial charge in [-0.2, -0.15) is 0 Å². The molecule has 2 saturated heterocycles. The van der Waals surface area contributed by atoms with Gasteiger partial charge in [0.1, 0.15) is 5.54 Å². The van der Waals surface area contributed by atoms with E-state index in [0.29, 0.717) is 31.9 Å². The summed E-state index contributed by atoms with van der Waals surface area (Å²) in [5.74, 6) is 0.221. The van der Waals surface area contributed by atoms with Crippen LogP contribution >= 0.6 is 0 Å². The summed E-state index contributed by atoms with van der Waals surface area (Å²) in [5, 5.41) is 4.94. The summed E-state index contributed by atoms with van der Waals surface area (Å²) in [6, 6.07) is 0.907. The second-order valence-corrected chi connectivity index (χ2v) is 4.74. The molecule has 3 rings (SSSR count). The molecule has 0 aliphatic carbocycles. The van der Waals surface area contributed by atoms with Crippen LogP contribution in [0.5, 0.6) is 0 Å². The number of H-pyrrole nitrogens is 1. The molecular formula is C11H13N5O3. The number of aromatic nitrogens is 2. The lowest BCUT2D eigenvalue weighted by Crippen LogP contribution is -2.55. The molecule has 0 atom stereocenters. The number of carbonyl (C=O) groups is 2. The van der Waals surface area contributed by atoms with Gasteiger partial charge in [-0.05, 0) is 12.8 Å². The van der Waals surface area contributed by atoms with Gasteiger partial charge >= 0.3 is 6.03 Å². The molecule has 2 fully saturated rings. The van der Waals surface area contributed by atoms with Gasteiger partial charge in [-0.1, -0.05) is 0 Å². The molecule has 1 spiro atoms. The largest absolute Gasteiger partial charge is 0.342 e. The lowest BCUT2D eigenvalue weighted by atomic mass is 9.88. The zero-order valence-corrected chi connectivity index (χ0v) is 10.1. The Kier molecular flexibility index (Phi) is 2.51. The van der Waals surface area contributed by atoms with Crippen molar-refractivity contribution in [1.82, 2.24) is 20.6 Å². The Morgan fingerprint density at radius 3 is 2.53 bits per heavy atom. The van der Waals surface area contributed by atoms with E-state index < -0.39 is 11.6 Å². The van der Waals surface area contributed by atoms with Crippen LogP contribution in [0.25, 0.3) is 0 Å². The van der Waals surface area contributed by atoms with Gasteiger partial charge in [0.05, 0.1) is 0 Å². The summed E-state index contributed by atoms with van der Waals surface area (Å²) in [6.07, 6.45) is 2.43. The van der Waals surface area contributed by atoms with E-state index in [1.807, 2.05) is 4.90 Å². The molecule has 0 radical (unpaired) electrons. The molecule has 0 unspecified atom stereocenters. The van der Waals surface area contributed by atoms with E-state index in [4.69, 9.17) is 0 Å². The topological polar surface area (TPSA) is 107 Å². The highest BCUT2D eigenvalue weighted by molar-refractivity contribution is 6.07. The van der Waals surface area contributed by atoms with Gasteiger partial charge in [0.2, 0.25) is 5.95 Å². The first-order chi connectivity index (χ1) is 9.09. The van der Waals surface area contributed by atoms with Gasteiger partial charge in [0, 0.05) is 25.4 Å². The van der Waals surface area contributed by atoms with Gasteiger partial charge in [-0.3, -0.25) is 19.9 Å². The summed E-state index contributed by atoms with van der Waals surface area (Å²) in [7, 11) is 0. The van der Waals surface area contributed by atoms with E-state index in [2.05, 4.69) is 20.6 Å². The third-order valence-electron chi connectivity index (χ3n) is 3.59. The fourth-order valence-electron chi connectivity index (χ4n) is 2.50. The van der Waals surface area contributed by atoms with E-state index >= 15 is 0 Å². The third kappa shape index (κ3) is 1.94. The van der Waals surface area contributed by atoms with Crippen LogP contribution in [0, 0.1) is 0 Å². The third-order valence-corrected chi connectivity index (χ3v) is 3.59. The number of imide groups is 1. The molecule has 8 nitrogen and oxygen atoms in total. The quantitative estimate of drug-likeness (QED) is 0.560. The van der Waals surface area contributed by atoms with Gasteiger partial charge < -0.3 is 10.2 Å². The predicted octanol–water partition coefficient (Wildman–Crippen LogP) is -1.05. The van der Waals surface area contributed by atoms with E-state index in [0.717, 1.165) is 0 Å². The van der Waals surface area contributed by atoms with E-state index in [9.17, 15) is 14.4 Å². The average Bonchev–Trinajstić information content (AvgIpc) is 2.65. The van der Waals surface area contributed by atoms with Gasteiger partial charge in [0.15, 0.2) is 0 Å². The van der Waals surface area contributed by atoms with Crippen molar-refractivity contribution in [2.45, 2.75) is 18.4 Å². The summed E-state index contributed by atoms with van der Waals surface area (Å²) in [6.45, 7) is 1.08. The minimum Gasteiger partial charge on any atom is -0.342 e. The summed E-state index contributed by atoms with van der Waals surface area (Å²) in [4.78, 5) is 42.8. The SMILES string of the molecule is O=C1NC(=O)C2(CCN(c3nccc(=O)[nH]3)CC2)N1. The zero-order chi connectivity index (χ0) is 13.5. The first-order valence-corrected chi connectivity index (χ1v) is 6.03. The highest BCUT2D eigenvalue weighted by atomic mass is 16.2. The van der Waals surface area contributed by atoms with Crippen molar-refractivity contribution in [3.63, 3.8) is 0 Å². The highest BCUT2D eigenvalue weighted by Gasteiger charge is 2.48. The van der Waals surface area contributed by atoms with Crippen LogP contribution in [-0.4, -0.2) is 40.5 Å². The van der Waals surface area contributed by atoms with Crippen LogP contribution < -0.4 is 21.1 Å². The maximum Gasteiger partial charge on any atom is 0.322 e. The molecule has 3 N–H and O–H groups in total. The lowest BCUT2D eigenvalue weighted by Gasteiger charge is -2.37. The fourth-order valence-corrected chi connectivity index (χ4v) is 2.50. The second-order valence-electron chi connectivity index (χ2n) is 4.74. The standard InChI is InChI=1S/C11H13N5O3/c17-7-1-4-12-9(13-7)16-5-2-11(3-6-16)8(18)14-10(19)15-11/h1,4H,2-3,5-6H2,(H,12,13,17)(H2,14,15,18,19). The molecule has 0 aromatic carbocycles. The zero-order valence-electron chi connectivity index (χ0n) is 10.1. The normalized spacial score (nSPS) is 21.4. The molecule has 1 aromatic heterocycles. The predicted molar refractivity (Wildman–Crippen MR) is 65.7 cm³/mol. The second kappa shape index (κ2) is 4.08. The van der Waals surface area contributed by atoms with Crippen molar-refractivity contribution in [3.05, 3.63) is 22.6 Å². The first-order valence-electron chi connectivity index (χ1n) is 6.03. The maximum atomic E-state index is 11.8. The van der Waals surface area contributed by atoms with Crippen molar-refractivity contribution >= 4 is 17.9 Å². The van der Waals surface area contributed by atoms with Crippen molar-refractivity contribution in [2.24, 2.45) is 0 Å². The maximum absolute atomic E-state index is 11.8. The minimum atomic E-state index is -0.803. The van der Waals surface area contributed by atoms with Crippen molar-refractivity contribution in [3.8, 4) is 0 Å². The molecule has 0 bridgehead atoms. The smallest absolute Gasteiger partial charge is 0.322 e. The van der Waals surface area contributed by atoms with E-state index in [-0.39, 0.29) is 11.5 Å². The minimum absolute atomic E-state index is 0.211. The summed E-state index contributed by atoms with van der Waals surface area (Å²) >= 11 is 0. The highest BCUT2D eigenvalue weighted by Crippen LogP contribution is 2.26. The van der Waals surface area contributed by atoms with Crippen LogP contribution in [0.2, 0.25) is 0 Å². The number of aromatic amines is 1. The summed E-state index contributed by atoms with van der Waals surface area (Å²) < 4.78 is 0. The molecule has 3 heterocycles. The molecule has 100 valence electrons. The molecule has 0 saturated carbocycles. The Hall–Kier alpha value is -2.38. The van der Waals surface area contributed by atoms with Crippen molar-refractivity contribution in [1.29, 1.82) is 0 Å². The number of rotatable bonds is 1. The Morgan fingerprint density at radius 2 is 1.95 bits per heavy atom. The number of urea groups is 1. The average molecular weight is 263 g/mol. The Labute approximate surface area is 108 Å². The number of nitrogens with zero attached hydrogens (tertiary/aromatic N) is 2. The molecule has 2 aliphatic rings. The Morgan fingerprint density at radius 1 is 1.21 bits per heavy atom. The number of anilines is 1. The molecule has 19 heavy (non-hydrogen) atoms. The molecular weight excluding hydrogens is 250 g/mol. The van der Waals surface area contributed by atoms with Crippen LogP contribution in [-0.2, 0) is 4.79 Å². The number of hydrogen-bond donors (Lipinski definition) is 3. The van der Waals surface area contributed by atoms with Crippen LogP contribution in [0.15, 0.2) is 17.1 Å². The molecule has 1 aromatic rings. The number of nitrogens with one attached hydrogen (secondary N) is 3. The number of piperidine rings is 1. The molecule has 2 aliphatic heterocycles. The number of hydrogen-bond acceptors (Lipinski definition) is 5. The van der Waals surface area contributed by atoms with Gasteiger partial charge in [-0.15, -0.1) is 0 Å². The fraction of sp³-hybridized carbons (Fsp3) is 0.455. The first kappa shape index (κ1) is 11.7.